The molecule has 4 aromatic rings. The first kappa shape index (κ1) is 30.4. The van der Waals surface area contributed by atoms with Crippen molar-refractivity contribution < 1.29 is 0 Å². The van der Waals surface area contributed by atoms with E-state index in [1.807, 2.05) is 13.0 Å². The molecule has 2 heteroatoms. The van der Waals surface area contributed by atoms with E-state index in [1.165, 1.54) is 21.9 Å². The zero-order valence-corrected chi connectivity index (χ0v) is 25.9. The van der Waals surface area contributed by atoms with Crippen molar-refractivity contribution in [3.05, 3.63) is 176 Å². The van der Waals surface area contributed by atoms with Crippen LogP contribution in [0.5, 0.6) is 0 Å². The summed E-state index contributed by atoms with van der Waals surface area (Å²) in [5.74, 6) is 0.438. The van der Waals surface area contributed by atoms with Crippen LogP contribution in [0.4, 0.5) is 22.7 Å². The quantitative estimate of drug-likeness (QED) is 0.169. The van der Waals surface area contributed by atoms with Crippen LogP contribution in [0.25, 0.3) is 16.3 Å². The van der Waals surface area contributed by atoms with Crippen molar-refractivity contribution in [2.24, 2.45) is 5.92 Å². The van der Waals surface area contributed by atoms with Gasteiger partial charge in [0, 0.05) is 28.1 Å². The standard InChI is InChI=1S/C42H42N2/c1-4-6-8-17-33(3)18-13-25-39(16-5-2)44(42-27-15-22-35-21-11-12-26-41(35)42)40-30-28-37(29-31-40)43-38-24-14-23-36(32-38)34-19-9-7-10-20-34/h4-9,11-17,19,21-33,43H,2,10,18,20H2,1,3H3/b6-4-,17-8-,25-13-,39-16+. The minimum absolute atomic E-state index is 0.438. The highest BCUT2D eigenvalue weighted by molar-refractivity contribution is 5.97. The zero-order chi connectivity index (χ0) is 30.6. The van der Waals surface area contributed by atoms with Gasteiger partial charge in [-0.3, -0.25) is 0 Å². The van der Waals surface area contributed by atoms with Gasteiger partial charge >= 0.3 is 0 Å². The minimum Gasteiger partial charge on any atom is -0.356 e. The van der Waals surface area contributed by atoms with Gasteiger partial charge in [-0.15, -0.1) is 0 Å². The summed E-state index contributed by atoms with van der Waals surface area (Å²) in [4.78, 5) is 2.33. The Morgan fingerprint density at radius 3 is 2.55 bits per heavy atom. The second-order valence-corrected chi connectivity index (χ2v) is 11.1. The van der Waals surface area contributed by atoms with Crippen molar-refractivity contribution in [2.75, 3.05) is 10.2 Å². The van der Waals surface area contributed by atoms with Crippen molar-refractivity contribution in [3.8, 4) is 0 Å². The molecule has 0 fully saturated rings. The smallest absolute Gasteiger partial charge is 0.0540 e. The van der Waals surface area contributed by atoms with Gasteiger partial charge in [0.05, 0.1) is 5.69 Å². The van der Waals surface area contributed by atoms with E-state index < -0.39 is 0 Å². The average Bonchev–Trinajstić information content (AvgIpc) is 3.06. The second kappa shape index (κ2) is 15.4. The van der Waals surface area contributed by atoms with Crippen LogP contribution in [-0.4, -0.2) is 0 Å². The maximum Gasteiger partial charge on any atom is 0.0540 e. The van der Waals surface area contributed by atoms with Crippen LogP contribution < -0.4 is 10.2 Å². The van der Waals surface area contributed by atoms with E-state index in [0.29, 0.717) is 5.92 Å². The number of nitrogens with zero attached hydrogens (tertiary/aromatic N) is 1. The highest BCUT2D eigenvalue weighted by Gasteiger charge is 2.16. The summed E-state index contributed by atoms with van der Waals surface area (Å²) in [7, 11) is 0. The molecule has 0 saturated carbocycles. The Morgan fingerprint density at radius 2 is 1.75 bits per heavy atom. The molecule has 0 spiro atoms. The van der Waals surface area contributed by atoms with E-state index in [-0.39, 0.29) is 0 Å². The normalized spacial score (nSPS) is 14.4. The molecular formula is C42H42N2. The monoisotopic (exact) mass is 574 g/mol. The molecule has 0 radical (unpaired) electrons. The molecule has 1 atom stereocenters. The van der Waals surface area contributed by atoms with Crippen molar-refractivity contribution in [2.45, 2.75) is 33.1 Å². The Bertz CT molecular complexity index is 1740. The number of fused-ring (bicyclic) bond motifs is 1. The molecule has 0 amide bonds. The summed E-state index contributed by atoms with van der Waals surface area (Å²) in [5, 5.41) is 6.03. The van der Waals surface area contributed by atoms with Gasteiger partial charge in [0.25, 0.3) is 0 Å². The molecule has 0 aromatic heterocycles. The third-order valence-electron chi connectivity index (χ3n) is 7.76. The fourth-order valence-corrected chi connectivity index (χ4v) is 5.50. The molecule has 0 saturated heterocycles. The van der Waals surface area contributed by atoms with Crippen molar-refractivity contribution in [1.29, 1.82) is 0 Å². The van der Waals surface area contributed by atoms with Crippen LogP contribution in [0.15, 0.2) is 170 Å². The van der Waals surface area contributed by atoms with Crippen molar-refractivity contribution in [3.63, 3.8) is 0 Å². The lowest BCUT2D eigenvalue weighted by Crippen LogP contribution is -2.15. The predicted octanol–water partition coefficient (Wildman–Crippen LogP) is 12.2. The van der Waals surface area contributed by atoms with Crippen molar-refractivity contribution in [1.82, 2.24) is 0 Å². The van der Waals surface area contributed by atoms with Crippen LogP contribution in [0, 0.1) is 5.92 Å². The van der Waals surface area contributed by atoms with Crippen LogP contribution >= 0.6 is 0 Å². The SMILES string of the molecule is C=C/C=C(\C=C/CC(C)/C=C\C=C/C)N(c1ccc(Nc2cccc(C3=CC=CCC3)c2)cc1)c1cccc2ccccc12. The fourth-order valence-electron chi connectivity index (χ4n) is 5.50. The van der Waals surface area contributed by atoms with Crippen LogP contribution in [0.1, 0.15) is 38.7 Å². The van der Waals surface area contributed by atoms with Crippen LogP contribution in [0.2, 0.25) is 0 Å². The fraction of sp³-hybridized carbons (Fsp3) is 0.143. The Labute approximate surface area is 263 Å². The second-order valence-electron chi connectivity index (χ2n) is 11.1. The third-order valence-corrected chi connectivity index (χ3v) is 7.76. The summed E-state index contributed by atoms with van der Waals surface area (Å²) in [6, 6.07) is 32.5. The first-order chi connectivity index (χ1) is 21.7. The first-order valence-corrected chi connectivity index (χ1v) is 15.6. The lowest BCUT2D eigenvalue weighted by atomic mass is 9.97. The number of hydrogen-bond acceptors (Lipinski definition) is 2. The number of anilines is 4. The topological polar surface area (TPSA) is 15.3 Å². The van der Waals surface area contributed by atoms with E-state index in [2.05, 4.69) is 175 Å². The molecule has 1 aliphatic carbocycles. The molecule has 1 unspecified atom stereocenters. The van der Waals surface area contributed by atoms with Crippen LogP contribution in [-0.2, 0) is 0 Å². The summed E-state index contributed by atoms with van der Waals surface area (Å²) >= 11 is 0. The summed E-state index contributed by atoms with van der Waals surface area (Å²) in [5.41, 5.74) is 8.07. The number of allylic oxidation sites excluding steroid dienone is 12. The third kappa shape index (κ3) is 7.85. The van der Waals surface area contributed by atoms with Crippen LogP contribution in [0.3, 0.4) is 0 Å². The molecule has 0 aliphatic heterocycles. The number of hydrogen-bond donors (Lipinski definition) is 1. The maximum absolute atomic E-state index is 4.05. The van der Waals surface area contributed by atoms with E-state index >= 15 is 0 Å². The molecule has 4 aromatic carbocycles. The molecule has 1 N–H and O–H groups in total. The van der Waals surface area contributed by atoms with Gasteiger partial charge in [0.2, 0.25) is 0 Å². The number of nitrogens with one attached hydrogen (secondary N) is 1. The van der Waals surface area contributed by atoms with Gasteiger partial charge in [0.1, 0.15) is 0 Å². The Kier molecular flexibility index (Phi) is 10.6. The lowest BCUT2D eigenvalue weighted by molar-refractivity contribution is 0.744. The lowest BCUT2D eigenvalue weighted by Gasteiger charge is -2.28. The number of rotatable bonds is 12. The molecule has 44 heavy (non-hydrogen) atoms. The highest BCUT2D eigenvalue weighted by Crippen LogP contribution is 2.37. The van der Waals surface area contributed by atoms with E-state index in [4.69, 9.17) is 0 Å². The van der Waals surface area contributed by atoms with E-state index in [9.17, 15) is 0 Å². The molecule has 0 heterocycles. The van der Waals surface area contributed by atoms with Gasteiger partial charge < -0.3 is 10.2 Å². The summed E-state index contributed by atoms with van der Waals surface area (Å²) in [6.45, 7) is 8.34. The Morgan fingerprint density at radius 1 is 0.932 bits per heavy atom. The molecule has 2 nitrogen and oxygen atoms in total. The molecule has 0 bridgehead atoms. The van der Waals surface area contributed by atoms with E-state index in [1.54, 1.807) is 0 Å². The Balaban J connectivity index is 1.46. The van der Waals surface area contributed by atoms with Gasteiger partial charge in [-0.2, -0.15) is 0 Å². The minimum atomic E-state index is 0.438. The maximum atomic E-state index is 4.05. The van der Waals surface area contributed by atoms with Gasteiger partial charge in [-0.05, 0) is 103 Å². The predicted molar refractivity (Wildman–Crippen MR) is 194 cm³/mol. The molecule has 1 aliphatic rings. The van der Waals surface area contributed by atoms with Gasteiger partial charge in [0.15, 0.2) is 0 Å². The van der Waals surface area contributed by atoms with Crippen molar-refractivity contribution >= 4 is 39.1 Å². The molecule has 220 valence electrons. The summed E-state index contributed by atoms with van der Waals surface area (Å²) < 4.78 is 0. The summed E-state index contributed by atoms with van der Waals surface area (Å²) in [6.07, 6.45) is 26.7. The first-order valence-electron chi connectivity index (χ1n) is 15.6. The van der Waals surface area contributed by atoms with E-state index in [0.717, 1.165) is 47.7 Å². The average molecular weight is 575 g/mol. The Hall–Kier alpha value is -5.08. The molecular weight excluding hydrogens is 532 g/mol. The van der Waals surface area contributed by atoms with Gasteiger partial charge in [-0.1, -0.05) is 117 Å². The number of benzene rings is 4. The largest absolute Gasteiger partial charge is 0.356 e. The zero-order valence-electron chi connectivity index (χ0n) is 25.9. The highest BCUT2D eigenvalue weighted by atomic mass is 15.1. The van der Waals surface area contributed by atoms with Gasteiger partial charge in [-0.25, -0.2) is 0 Å². The molecule has 5 rings (SSSR count).